The Kier molecular flexibility index (Phi) is 20.9. The van der Waals surface area contributed by atoms with Crippen molar-refractivity contribution in [2.45, 2.75) is 233 Å². The monoisotopic (exact) mass is 975 g/mol. The molecule has 7 aliphatic carbocycles. The van der Waals surface area contributed by atoms with Crippen molar-refractivity contribution in [3.63, 3.8) is 0 Å². The Hall–Kier alpha value is -3.03. The molecule has 2 aromatic carbocycles. The van der Waals surface area contributed by atoms with E-state index in [1.54, 1.807) is 12.1 Å². The minimum absolute atomic E-state index is 0.0235. The second-order valence-electron chi connectivity index (χ2n) is 24.6. The molecular formula is C62H93F3O5. The topological polar surface area (TPSA) is 61.8 Å². The molecule has 7 fully saturated rings. The molecule has 392 valence electrons. The zero-order valence-electron chi connectivity index (χ0n) is 44.2. The average molecular weight is 975 g/mol. The Bertz CT molecular complexity index is 1810. The summed E-state index contributed by atoms with van der Waals surface area (Å²) in [7, 11) is 0. The highest BCUT2D eigenvalue weighted by Gasteiger charge is 2.36. The van der Waals surface area contributed by atoms with Crippen molar-refractivity contribution >= 4 is 11.9 Å². The molecule has 0 heterocycles. The van der Waals surface area contributed by atoms with Gasteiger partial charge < -0.3 is 14.2 Å². The largest absolute Gasteiger partial charge is 0.573 e. The van der Waals surface area contributed by atoms with Gasteiger partial charge >= 0.3 is 18.3 Å². The number of esters is 2. The van der Waals surface area contributed by atoms with Crippen LogP contribution in [0.3, 0.4) is 0 Å². The van der Waals surface area contributed by atoms with E-state index in [0.29, 0.717) is 11.7 Å². The molecule has 0 aliphatic heterocycles. The number of alkyl halides is 3. The first-order valence-corrected chi connectivity index (χ1v) is 29.0. The lowest BCUT2D eigenvalue weighted by Gasteiger charge is -2.37. The van der Waals surface area contributed by atoms with Crippen molar-refractivity contribution < 1.29 is 37.0 Å². The minimum atomic E-state index is -4.61. The molecule has 0 spiro atoms. The molecule has 0 radical (unpaired) electrons. The van der Waals surface area contributed by atoms with Crippen LogP contribution in [0.4, 0.5) is 13.2 Å². The van der Waals surface area contributed by atoms with E-state index in [2.05, 4.69) is 32.4 Å². The zero-order valence-corrected chi connectivity index (χ0v) is 44.2. The number of rotatable bonds is 9. The van der Waals surface area contributed by atoms with Gasteiger partial charge in [-0.1, -0.05) is 96.0 Å². The number of hydrogen-bond acceptors (Lipinski definition) is 5. The van der Waals surface area contributed by atoms with Crippen LogP contribution in [0.15, 0.2) is 48.5 Å². The molecule has 70 heavy (non-hydrogen) atoms. The second kappa shape index (κ2) is 26.8. The third-order valence-electron chi connectivity index (χ3n) is 19.2. The van der Waals surface area contributed by atoms with E-state index in [0.717, 1.165) is 116 Å². The molecule has 5 nitrogen and oxygen atoms in total. The van der Waals surface area contributed by atoms with E-state index < -0.39 is 6.36 Å². The minimum Gasteiger partial charge on any atom is -0.462 e. The lowest BCUT2D eigenvalue weighted by Crippen LogP contribution is -2.31. The highest BCUT2D eigenvalue weighted by molar-refractivity contribution is 5.75. The molecule has 2 aromatic rings. The highest BCUT2D eigenvalue weighted by Crippen LogP contribution is 2.46. The second-order valence-corrected chi connectivity index (χ2v) is 24.6. The van der Waals surface area contributed by atoms with Gasteiger partial charge in [-0.2, -0.15) is 0 Å². The lowest BCUT2D eigenvalue weighted by atomic mass is 9.68. The summed E-state index contributed by atoms with van der Waals surface area (Å²) in [6.07, 6.45) is 31.1. The van der Waals surface area contributed by atoms with Crippen molar-refractivity contribution in [3.8, 4) is 11.5 Å². The fourth-order valence-electron chi connectivity index (χ4n) is 14.2. The molecule has 0 N–H and O–H groups in total. The van der Waals surface area contributed by atoms with E-state index in [-0.39, 0.29) is 35.6 Å². The van der Waals surface area contributed by atoms with Crippen LogP contribution >= 0.6 is 0 Å². The maximum Gasteiger partial charge on any atom is 0.573 e. The summed E-state index contributed by atoms with van der Waals surface area (Å²) in [6, 6.07) is 14.2. The molecular weight excluding hydrogens is 882 g/mol. The molecule has 0 saturated heterocycles. The molecule has 0 bridgehead atoms. The van der Waals surface area contributed by atoms with Crippen LogP contribution in [-0.2, 0) is 14.3 Å². The van der Waals surface area contributed by atoms with Crippen LogP contribution in [-0.4, -0.2) is 24.4 Å². The molecule has 7 aliphatic rings. The van der Waals surface area contributed by atoms with Crippen molar-refractivity contribution in [1.29, 1.82) is 0 Å². The smallest absolute Gasteiger partial charge is 0.462 e. The van der Waals surface area contributed by atoms with E-state index in [9.17, 15) is 22.8 Å². The molecule has 8 heteroatoms. The third kappa shape index (κ3) is 17.3. The quantitative estimate of drug-likeness (QED) is 0.185. The number of hydrogen-bond donors (Lipinski definition) is 0. The number of carbonyl (C=O) groups is 2. The summed E-state index contributed by atoms with van der Waals surface area (Å²) in [5.74, 6) is 10.4. The first kappa shape index (κ1) is 54.7. The average Bonchev–Trinajstić information content (AvgIpc) is 3.36. The summed E-state index contributed by atoms with van der Waals surface area (Å²) in [5.41, 5.74) is 2.34. The number of aryl methyl sites for hydroxylation is 1. The summed E-state index contributed by atoms with van der Waals surface area (Å²) in [5, 5.41) is 0. The van der Waals surface area contributed by atoms with Gasteiger partial charge in [0.05, 0.1) is 11.8 Å². The van der Waals surface area contributed by atoms with Crippen LogP contribution in [0.1, 0.15) is 225 Å². The summed E-state index contributed by atoms with van der Waals surface area (Å²) in [4.78, 5) is 24.8. The third-order valence-corrected chi connectivity index (χ3v) is 19.2. The van der Waals surface area contributed by atoms with E-state index >= 15 is 0 Å². The number of halogens is 3. The van der Waals surface area contributed by atoms with Crippen molar-refractivity contribution in [2.75, 3.05) is 0 Å². The van der Waals surface area contributed by atoms with Gasteiger partial charge in [0.1, 0.15) is 17.6 Å². The van der Waals surface area contributed by atoms with Gasteiger partial charge in [0.25, 0.3) is 0 Å². The van der Waals surface area contributed by atoms with Gasteiger partial charge in [0.2, 0.25) is 0 Å². The normalized spacial score (nSPS) is 35.1. The van der Waals surface area contributed by atoms with Gasteiger partial charge in [0, 0.05) is 0 Å². The Morgan fingerprint density at radius 2 is 0.743 bits per heavy atom. The van der Waals surface area contributed by atoms with Gasteiger partial charge in [-0.05, 0) is 243 Å². The van der Waals surface area contributed by atoms with Gasteiger partial charge in [-0.15, -0.1) is 13.2 Å². The molecule has 9 rings (SSSR count). The Morgan fingerprint density at radius 1 is 0.414 bits per heavy atom. The Morgan fingerprint density at radius 3 is 1.13 bits per heavy atom. The van der Waals surface area contributed by atoms with E-state index in [1.807, 2.05) is 31.2 Å². The van der Waals surface area contributed by atoms with E-state index in [4.69, 9.17) is 9.47 Å². The fraction of sp³-hybridized carbons (Fsp3) is 0.774. The highest BCUT2D eigenvalue weighted by atomic mass is 19.4. The number of carbonyl (C=O) groups excluding carboxylic acids is 2. The van der Waals surface area contributed by atoms with Crippen LogP contribution in [0.5, 0.6) is 11.5 Å². The fourth-order valence-corrected chi connectivity index (χ4v) is 14.2. The van der Waals surface area contributed by atoms with Crippen molar-refractivity contribution in [3.05, 3.63) is 59.7 Å². The van der Waals surface area contributed by atoms with Gasteiger partial charge in [-0.3, -0.25) is 9.59 Å². The molecule has 0 atom stereocenters. The van der Waals surface area contributed by atoms with Crippen LogP contribution in [0.2, 0.25) is 0 Å². The first-order chi connectivity index (χ1) is 33.6. The predicted octanol–water partition coefficient (Wildman–Crippen LogP) is 18.0. The molecule has 7 saturated carbocycles. The summed E-state index contributed by atoms with van der Waals surface area (Å²) in [6.45, 7) is 11.5. The molecule has 0 unspecified atom stereocenters. The van der Waals surface area contributed by atoms with Crippen molar-refractivity contribution in [1.82, 2.24) is 0 Å². The maximum absolute atomic E-state index is 12.5. The Labute approximate surface area is 422 Å². The van der Waals surface area contributed by atoms with E-state index in [1.165, 1.54) is 146 Å². The SMILES string of the molecule is CC1CCC(C2CCC(c3ccc(OC(F)(F)F)cc3)CC2)CC1.CC1CCC(OC(=O)C2CCC(C3CCC(C)CC3)CC2)CC1.Cc1ccc(OC(=O)C2CCC(C3CCC(C)CC3)CC2)cc1. The van der Waals surface area contributed by atoms with Crippen molar-refractivity contribution in [2.24, 2.45) is 71.0 Å². The van der Waals surface area contributed by atoms with Crippen LogP contribution in [0.25, 0.3) is 0 Å². The molecule has 0 aromatic heterocycles. The maximum atomic E-state index is 12.5. The zero-order chi connectivity index (χ0) is 49.6. The van der Waals surface area contributed by atoms with Crippen LogP contribution in [0, 0.1) is 77.9 Å². The summed E-state index contributed by atoms with van der Waals surface area (Å²) >= 11 is 0. The first-order valence-electron chi connectivity index (χ1n) is 29.0. The van der Waals surface area contributed by atoms with Gasteiger partial charge in [0.15, 0.2) is 0 Å². The standard InChI is InChI=1S/C21H36O2.C21H30O2.C20H27F3O/c2*1-15-3-7-17(8-4-15)18-9-11-19(12-10-18)21(22)23-20-13-5-16(2)6-14-20;1-14-2-4-15(5-3-14)16-6-8-17(9-7-16)18-10-12-19(13-11-18)24-20(21,22)23/h15-20H,3-14H2,1-2H3;5-6,13-15,17-19H,3-4,7-12H2,1-2H3;10-17H,2-9H2,1H3. The molecule has 0 amide bonds. The predicted molar refractivity (Wildman–Crippen MR) is 276 cm³/mol. The van der Waals surface area contributed by atoms with Crippen LogP contribution < -0.4 is 9.47 Å². The number of benzene rings is 2. The van der Waals surface area contributed by atoms with Gasteiger partial charge in [-0.25, -0.2) is 0 Å². The summed E-state index contributed by atoms with van der Waals surface area (Å²) < 4.78 is 52.0. The number of ether oxygens (including phenoxy) is 3. The lowest BCUT2D eigenvalue weighted by molar-refractivity contribution is -0.274. The Balaban J connectivity index is 0.000000155.